The standard InChI is InChI=1S/C31H56N2O2/c1-27(2,3)25(34)24-19-22-18-21(14-15-23(22)33(24)29(7,8)9)20-30(10,11)32-17-13-16-31(32,12)26(35)28(4,5)6/h21-24H,13-20H2,1-12H3/t21?,22?,23?,24-,31-/m0/s1. The Morgan fingerprint density at radius 1 is 0.857 bits per heavy atom. The zero-order valence-electron chi connectivity index (χ0n) is 25.2. The number of likely N-dealkylation sites (tertiary alicyclic amines) is 2. The van der Waals surface area contributed by atoms with E-state index < -0.39 is 0 Å². The van der Waals surface area contributed by atoms with Gasteiger partial charge in [-0.25, -0.2) is 0 Å². The number of carbonyl (C=O) groups excluding carboxylic acids is 2. The van der Waals surface area contributed by atoms with Gasteiger partial charge in [-0.3, -0.25) is 19.4 Å². The maximum Gasteiger partial charge on any atom is 0.158 e. The molecule has 5 atom stereocenters. The van der Waals surface area contributed by atoms with E-state index in [1.54, 1.807) is 0 Å². The Bertz CT molecular complexity index is 809. The number of rotatable bonds is 5. The average Bonchev–Trinajstić information content (AvgIpc) is 3.26. The van der Waals surface area contributed by atoms with E-state index in [0.717, 1.165) is 32.2 Å². The minimum atomic E-state index is -0.362. The first-order valence-corrected chi connectivity index (χ1v) is 14.3. The highest BCUT2D eigenvalue weighted by Crippen LogP contribution is 2.49. The Hall–Kier alpha value is -0.740. The molecule has 1 aliphatic carbocycles. The fraction of sp³-hybridized carbons (Fsp3) is 0.935. The van der Waals surface area contributed by atoms with Crippen LogP contribution >= 0.6 is 0 Å². The van der Waals surface area contributed by atoms with Gasteiger partial charge in [0.15, 0.2) is 11.6 Å². The summed E-state index contributed by atoms with van der Waals surface area (Å²) in [6.45, 7) is 27.3. The van der Waals surface area contributed by atoms with Gasteiger partial charge < -0.3 is 0 Å². The predicted octanol–water partition coefficient (Wildman–Crippen LogP) is 6.90. The Morgan fingerprint density at radius 3 is 1.97 bits per heavy atom. The second-order valence-electron chi connectivity index (χ2n) is 16.1. The fourth-order valence-corrected chi connectivity index (χ4v) is 8.27. The van der Waals surface area contributed by atoms with Crippen molar-refractivity contribution in [1.82, 2.24) is 9.80 Å². The van der Waals surface area contributed by atoms with Gasteiger partial charge in [0.1, 0.15) is 0 Å². The van der Waals surface area contributed by atoms with E-state index >= 15 is 0 Å². The monoisotopic (exact) mass is 488 g/mol. The number of fused-ring (bicyclic) bond motifs is 1. The molecular weight excluding hydrogens is 432 g/mol. The fourth-order valence-electron chi connectivity index (χ4n) is 8.27. The van der Waals surface area contributed by atoms with Crippen molar-refractivity contribution in [3.8, 4) is 0 Å². The molecule has 2 saturated heterocycles. The van der Waals surface area contributed by atoms with Crippen molar-refractivity contribution in [3.05, 3.63) is 0 Å². The van der Waals surface area contributed by atoms with Crippen molar-refractivity contribution >= 4 is 11.6 Å². The first kappa shape index (κ1) is 28.8. The summed E-state index contributed by atoms with van der Waals surface area (Å²) in [5.74, 6) is 2.05. The van der Waals surface area contributed by atoms with Crippen molar-refractivity contribution in [2.24, 2.45) is 22.7 Å². The minimum absolute atomic E-state index is 0.00177. The molecule has 3 fully saturated rings. The first-order chi connectivity index (χ1) is 15.7. The molecule has 0 aromatic rings. The Morgan fingerprint density at radius 2 is 1.46 bits per heavy atom. The van der Waals surface area contributed by atoms with Gasteiger partial charge in [0.25, 0.3) is 0 Å². The zero-order valence-corrected chi connectivity index (χ0v) is 25.2. The molecule has 0 spiro atoms. The van der Waals surface area contributed by atoms with Crippen molar-refractivity contribution in [3.63, 3.8) is 0 Å². The van der Waals surface area contributed by atoms with Crippen LogP contribution in [0.25, 0.3) is 0 Å². The molecule has 0 bridgehead atoms. The van der Waals surface area contributed by atoms with Crippen LogP contribution < -0.4 is 0 Å². The highest BCUT2D eigenvalue weighted by Gasteiger charge is 2.54. The molecule has 3 rings (SSSR count). The molecule has 0 N–H and O–H groups in total. The van der Waals surface area contributed by atoms with E-state index in [0.29, 0.717) is 29.4 Å². The Labute approximate surface area is 217 Å². The highest BCUT2D eigenvalue weighted by molar-refractivity contribution is 5.92. The maximum atomic E-state index is 13.5. The van der Waals surface area contributed by atoms with Crippen molar-refractivity contribution < 1.29 is 9.59 Å². The van der Waals surface area contributed by atoms with Gasteiger partial charge in [0, 0.05) is 27.9 Å². The Kier molecular flexibility index (Phi) is 7.60. The lowest BCUT2D eigenvalue weighted by molar-refractivity contribution is -0.140. The second kappa shape index (κ2) is 9.22. The summed E-state index contributed by atoms with van der Waals surface area (Å²) in [4.78, 5) is 32.2. The van der Waals surface area contributed by atoms with Gasteiger partial charge in [-0.15, -0.1) is 0 Å². The molecule has 1 saturated carbocycles. The third kappa shape index (κ3) is 5.59. The van der Waals surface area contributed by atoms with Gasteiger partial charge in [0.05, 0.1) is 11.6 Å². The third-order valence-electron chi connectivity index (χ3n) is 9.42. The SMILES string of the molecule is CC(C)(C)C(=O)[C@@H]1CC2CC(CC(C)(C)N3CCC[C@@]3(C)C(=O)C(C)(C)C)CCC2N1C(C)(C)C. The zero-order chi connectivity index (χ0) is 26.8. The lowest BCUT2D eigenvalue weighted by Crippen LogP contribution is -2.60. The van der Waals surface area contributed by atoms with Gasteiger partial charge in [-0.2, -0.15) is 0 Å². The lowest BCUT2D eigenvalue weighted by Gasteiger charge is -2.49. The average molecular weight is 489 g/mol. The smallest absolute Gasteiger partial charge is 0.158 e. The van der Waals surface area contributed by atoms with Crippen LogP contribution in [0, 0.1) is 22.7 Å². The topological polar surface area (TPSA) is 40.6 Å². The number of nitrogens with zero attached hydrogens (tertiary/aromatic N) is 2. The van der Waals surface area contributed by atoms with E-state index in [2.05, 4.69) is 92.9 Å². The molecule has 0 aromatic heterocycles. The largest absolute Gasteiger partial charge is 0.297 e. The molecule has 0 amide bonds. The maximum absolute atomic E-state index is 13.5. The quantitative estimate of drug-likeness (QED) is 0.422. The lowest BCUT2D eigenvalue weighted by atomic mass is 9.71. The first-order valence-electron chi connectivity index (χ1n) is 14.3. The molecule has 2 aliphatic heterocycles. The third-order valence-corrected chi connectivity index (χ3v) is 9.42. The van der Waals surface area contributed by atoms with Crippen LogP contribution in [0.5, 0.6) is 0 Å². The number of ketones is 2. The molecule has 0 radical (unpaired) electrons. The van der Waals surface area contributed by atoms with E-state index in [4.69, 9.17) is 0 Å². The van der Waals surface area contributed by atoms with E-state index in [9.17, 15) is 9.59 Å². The van der Waals surface area contributed by atoms with Gasteiger partial charge in [-0.1, -0.05) is 41.5 Å². The van der Waals surface area contributed by atoms with Crippen LogP contribution in [0.15, 0.2) is 0 Å². The summed E-state index contributed by atoms with van der Waals surface area (Å²) in [6.07, 6.45) is 7.86. The van der Waals surface area contributed by atoms with Crippen LogP contribution in [-0.2, 0) is 9.59 Å². The molecule has 4 nitrogen and oxygen atoms in total. The summed E-state index contributed by atoms with van der Waals surface area (Å²) < 4.78 is 0. The summed E-state index contributed by atoms with van der Waals surface area (Å²) >= 11 is 0. The van der Waals surface area contributed by atoms with E-state index in [1.807, 2.05) is 0 Å². The van der Waals surface area contributed by atoms with Crippen molar-refractivity contribution in [2.75, 3.05) is 6.54 Å². The normalized spacial score (nSPS) is 33.7. The molecule has 35 heavy (non-hydrogen) atoms. The van der Waals surface area contributed by atoms with Crippen LogP contribution in [0.2, 0.25) is 0 Å². The Balaban J connectivity index is 1.77. The van der Waals surface area contributed by atoms with Gasteiger partial charge >= 0.3 is 0 Å². The van der Waals surface area contributed by atoms with Gasteiger partial charge in [-0.05, 0) is 105 Å². The summed E-state index contributed by atoms with van der Waals surface area (Å²) in [7, 11) is 0. The summed E-state index contributed by atoms with van der Waals surface area (Å²) in [6, 6.07) is 0.563. The van der Waals surface area contributed by atoms with Crippen LogP contribution in [0.4, 0.5) is 0 Å². The molecular formula is C31H56N2O2. The van der Waals surface area contributed by atoms with Crippen molar-refractivity contribution in [2.45, 2.75) is 157 Å². The van der Waals surface area contributed by atoms with E-state index in [-0.39, 0.29) is 33.5 Å². The van der Waals surface area contributed by atoms with Crippen LogP contribution in [0.3, 0.4) is 0 Å². The molecule has 3 aliphatic rings. The minimum Gasteiger partial charge on any atom is -0.297 e. The van der Waals surface area contributed by atoms with Gasteiger partial charge in [0.2, 0.25) is 0 Å². The summed E-state index contributed by atoms with van der Waals surface area (Å²) in [5.41, 5.74) is -0.989. The van der Waals surface area contributed by atoms with Crippen LogP contribution in [0.1, 0.15) is 128 Å². The van der Waals surface area contributed by atoms with Crippen LogP contribution in [-0.4, -0.2) is 56.6 Å². The number of Topliss-reactive ketones (excluding diaryl/α,β-unsaturated/α-hetero) is 2. The number of hydrogen-bond donors (Lipinski definition) is 0. The van der Waals surface area contributed by atoms with Crippen molar-refractivity contribution in [1.29, 1.82) is 0 Å². The highest BCUT2D eigenvalue weighted by atomic mass is 16.1. The number of carbonyl (C=O) groups is 2. The molecule has 4 heteroatoms. The van der Waals surface area contributed by atoms with E-state index in [1.165, 1.54) is 19.3 Å². The molecule has 2 heterocycles. The predicted molar refractivity (Wildman–Crippen MR) is 147 cm³/mol. The second-order valence-corrected chi connectivity index (χ2v) is 16.1. The summed E-state index contributed by atoms with van der Waals surface area (Å²) in [5, 5.41) is 0. The molecule has 0 aromatic carbocycles. The number of hydrogen-bond acceptors (Lipinski definition) is 4. The molecule has 3 unspecified atom stereocenters. The molecule has 202 valence electrons.